The number of carboxylic acid groups (broad SMARTS) is 1. The molecule has 1 heterocycles. The van der Waals surface area contributed by atoms with Crippen molar-refractivity contribution in [3.05, 3.63) is 0 Å². The Labute approximate surface area is 91.4 Å². The lowest BCUT2D eigenvalue weighted by Gasteiger charge is -2.34. The van der Waals surface area contributed by atoms with E-state index in [1.165, 1.54) is 6.42 Å². The van der Waals surface area contributed by atoms with E-state index >= 15 is 0 Å². The van der Waals surface area contributed by atoms with Crippen molar-refractivity contribution >= 4 is 6.09 Å². The monoisotopic (exact) mass is 214 g/mol. The van der Waals surface area contributed by atoms with Gasteiger partial charge in [0.1, 0.15) is 0 Å². The largest absolute Gasteiger partial charge is 0.465 e. The summed E-state index contributed by atoms with van der Waals surface area (Å²) in [6.45, 7) is 8.22. The van der Waals surface area contributed by atoms with Crippen LogP contribution in [0.25, 0.3) is 0 Å². The van der Waals surface area contributed by atoms with Crippen LogP contribution in [0.5, 0.6) is 0 Å². The van der Waals surface area contributed by atoms with Gasteiger partial charge in [0.05, 0.1) is 0 Å². The molecule has 0 radical (unpaired) electrons. The van der Waals surface area contributed by atoms with E-state index in [2.05, 4.69) is 17.6 Å². The SMILES string of the molecule is C[C@@H]1CNC[C@@H](CC(C)(C)NC(=O)O)C1. The highest BCUT2D eigenvalue weighted by atomic mass is 16.4. The molecular weight excluding hydrogens is 192 g/mol. The van der Waals surface area contributed by atoms with Gasteiger partial charge in [-0.1, -0.05) is 6.92 Å². The fraction of sp³-hybridized carbons (Fsp3) is 0.909. The number of carbonyl (C=O) groups is 1. The van der Waals surface area contributed by atoms with Crippen LogP contribution >= 0.6 is 0 Å². The first kappa shape index (κ1) is 12.3. The topological polar surface area (TPSA) is 61.4 Å². The number of rotatable bonds is 3. The highest BCUT2D eigenvalue weighted by Crippen LogP contribution is 2.24. The first-order valence-electron chi connectivity index (χ1n) is 5.61. The van der Waals surface area contributed by atoms with Crippen LogP contribution in [-0.2, 0) is 0 Å². The molecule has 0 spiro atoms. The summed E-state index contributed by atoms with van der Waals surface area (Å²) in [6.07, 6.45) is 1.16. The van der Waals surface area contributed by atoms with E-state index in [0.717, 1.165) is 19.5 Å². The van der Waals surface area contributed by atoms with Crippen LogP contribution in [0.3, 0.4) is 0 Å². The second-order valence-corrected chi connectivity index (χ2v) is 5.38. The molecule has 88 valence electrons. The van der Waals surface area contributed by atoms with Crippen molar-refractivity contribution in [3.63, 3.8) is 0 Å². The highest BCUT2D eigenvalue weighted by Gasteiger charge is 2.27. The molecule has 15 heavy (non-hydrogen) atoms. The second kappa shape index (κ2) is 4.84. The maximum Gasteiger partial charge on any atom is 0.405 e. The molecular formula is C11H22N2O2. The molecule has 0 unspecified atom stereocenters. The summed E-state index contributed by atoms with van der Waals surface area (Å²) in [6, 6.07) is 0. The molecule has 4 nitrogen and oxygen atoms in total. The zero-order chi connectivity index (χ0) is 11.5. The number of amides is 1. The van der Waals surface area contributed by atoms with Crippen molar-refractivity contribution in [2.45, 2.75) is 39.2 Å². The van der Waals surface area contributed by atoms with Crippen LogP contribution in [0, 0.1) is 11.8 Å². The summed E-state index contributed by atoms with van der Waals surface area (Å²) in [5.41, 5.74) is -0.324. The van der Waals surface area contributed by atoms with Gasteiger partial charge in [0.2, 0.25) is 0 Å². The molecule has 0 aromatic rings. The Balaban J connectivity index is 2.41. The summed E-state index contributed by atoms with van der Waals surface area (Å²) in [5.74, 6) is 1.28. The van der Waals surface area contributed by atoms with E-state index < -0.39 is 6.09 Å². The van der Waals surface area contributed by atoms with Crippen LogP contribution < -0.4 is 10.6 Å². The Morgan fingerprint density at radius 2 is 2.20 bits per heavy atom. The molecule has 3 N–H and O–H groups in total. The van der Waals surface area contributed by atoms with Crippen molar-refractivity contribution in [1.29, 1.82) is 0 Å². The van der Waals surface area contributed by atoms with Gasteiger partial charge < -0.3 is 15.7 Å². The maximum absolute atomic E-state index is 10.6. The van der Waals surface area contributed by atoms with Crippen LogP contribution in [-0.4, -0.2) is 29.8 Å². The van der Waals surface area contributed by atoms with E-state index in [0.29, 0.717) is 11.8 Å². The van der Waals surface area contributed by atoms with Crippen molar-refractivity contribution in [2.24, 2.45) is 11.8 Å². The average Bonchev–Trinajstić information content (AvgIpc) is 1.99. The summed E-state index contributed by atoms with van der Waals surface area (Å²) in [7, 11) is 0. The third-order valence-corrected chi connectivity index (χ3v) is 2.91. The predicted molar refractivity (Wildman–Crippen MR) is 60.0 cm³/mol. The molecule has 4 heteroatoms. The summed E-state index contributed by atoms with van der Waals surface area (Å²) < 4.78 is 0. The van der Waals surface area contributed by atoms with E-state index in [1.807, 2.05) is 13.8 Å². The highest BCUT2D eigenvalue weighted by molar-refractivity contribution is 5.65. The van der Waals surface area contributed by atoms with E-state index in [9.17, 15) is 4.79 Å². The number of hydrogen-bond acceptors (Lipinski definition) is 2. The van der Waals surface area contributed by atoms with Crippen LogP contribution in [0.2, 0.25) is 0 Å². The predicted octanol–water partition coefficient (Wildman–Crippen LogP) is 1.67. The quantitative estimate of drug-likeness (QED) is 0.669. The second-order valence-electron chi connectivity index (χ2n) is 5.38. The Bertz CT molecular complexity index is 229. The normalized spacial score (nSPS) is 27.4. The minimum Gasteiger partial charge on any atom is -0.465 e. The minimum atomic E-state index is -0.934. The summed E-state index contributed by atoms with van der Waals surface area (Å²) >= 11 is 0. The Morgan fingerprint density at radius 1 is 1.53 bits per heavy atom. The fourth-order valence-corrected chi connectivity index (χ4v) is 2.49. The van der Waals surface area contributed by atoms with Crippen molar-refractivity contribution in [3.8, 4) is 0 Å². The number of piperidine rings is 1. The van der Waals surface area contributed by atoms with Gasteiger partial charge in [0.15, 0.2) is 0 Å². The third kappa shape index (κ3) is 4.51. The van der Waals surface area contributed by atoms with Crippen LogP contribution in [0.4, 0.5) is 4.79 Å². The van der Waals surface area contributed by atoms with Crippen molar-refractivity contribution in [2.75, 3.05) is 13.1 Å². The molecule has 0 aromatic heterocycles. The molecule has 0 bridgehead atoms. The molecule has 1 aliphatic rings. The third-order valence-electron chi connectivity index (χ3n) is 2.91. The Morgan fingerprint density at radius 3 is 2.73 bits per heavy atom. The molecule has 0 aliphatic carbocycles. The Hall–Kier alpha value is -0.770. The van der Waals surface area contributed by atoms with Gasteiger partial charge in [-0.2, -0.15) is 0 Å². The van der Waals surface area contributed by atoms with Gasteiger partial charge in [-0.3, -0.25) is 0 Å². The first-order valence-corrected chi connectivity index (χ1v) is 5.61. The number of nitrogens with one attached hydrogen (secondary N) is 2. The molecule has 1 amide bonds. The molecule has 0 aromatic carbocycles. The molecule has 1 saturated heterocycles. The van der Waals surface area contributed by atoms with E-state index in [-0.39, 0.29) is 5.54 Å². The lowest BCUT2D eigenvalue weighted by atomic mass is 9.83. The van der Waals surface area contributed by atoms with Crippen LogP contribution in [0.15, 0.2) is 0 Å². The van der Waals surface area contributed by atoms with Crippen molar-refractivity contribution in [1.82, 2.24) is 10.6 Å². The van der Waals surface area contributed by atoms with E-state index in [4.69, 9.17) is 5.11 Å². The Kier molecular flexibility index (Phi) is 3.97. The summed E-state index contributed by atoms with van der Waals surface area (Å²) in [5, 5.41) is 14.7. The van der Waals surface area contributed by atoms with Crippen LogP contribution in [0.1, 0.15) is 33.6 Å². The smallest absolute Gasteiger partial charge is 0.405 e. The van der Waals surface area contributed by atoms with Gasteiger partial charge in [0.25, 0.3) is 0 Å². The molecule has 1 fully saturated rings. The minimum absolute atomic E-state index is 0.324. The van der Waals surface area contributed by atoms with Gasteiger partial charge in [-0.25, -0.2) is 4.79 Å². The fourth-order valence-electron chi connectivity index (χ4n) is 2.49. The average molecular weight is 214 g/mol. The maximum atomic E-state index is 10.6. The summed E-state index contributed by atoms with van der Waals surface area (Å²) in [4.78, 5) is 10.6. The zero-order valence-electron chi connectivity index (χ0n) is 9.84. The zero-order valence-corrected chi connectivity index (χ0v) is 9.84. The lowest BCUT2D eigenvalue weighted by Crippen LogP contribution is -2.47. The lowest BCUT2D eigenvalue weighted by molar-refractivity contribution is 0.170. The van der Waals surface area contributed by atoms with Crippen molar-refractivity contribution < 1.29 is 9.90 Å². The van der Waals surface area contributed by atoms with Gasteiger partial charge in [0, 0.05) is 5.54 Å². The standard InChI is InChI=1S/C11H22N2O2/c1-8-4-9(7-12-6-8)5-11(2,3)13-10(14)15/h8-9,12-13H,4-7H2,1-3H3,(H,14,15)/t8-,9+/m0/s1. The molecule has 2 atom stereocenters. The van der Waals surface area contributed by atoms with Gasteiger partial charge in [-0.15, -0.1) is 0 Å². The molecule has 1 rings (SSSR count). The molecule has 1 aliphatic heterocycles. The first-order chi connectivity index (χ1) is 6.89. The number of hydrogen-bond donors (Lipinski definition) is 3. The van der Waals surface area contributed by atoms with Gasteiger partial charge >= 0.3 is 6.09 Å². The van der Waals surface area contributed by atoms with Gasteiger partial charge in [-0.05, 0) is 51.6 Å². The molecule has 0 saturated carbocycles. The van der Waals surface area contributed by atoms with E-state index in [1.54, 1.807) is 0 Å².